The number of carboxylic acid groups (broad SMARTS) is 1. The van der Waals surface area contributed by atoms with Crippen LogP contribution in [-0.2, 0) is 4.79 Å². The summed E-state index contributed by atoms with van der Waals surface area (Å²) < 4.78 is 5.06. The molecule has 0 heterocycles. The van der Waals surface area contributed by atoms with Crippen LogP contribution in [0.4, 0.5) is 5.69 Å². The summed E-state index contributed by atoms with van der Waals surface area (Å²) >= 11 is 5.78. The van der Waals surface area contributed by atoms with Gasteiger partial charge in [-0.25, -0.2) is 4.79 Å². The van der Waals surface area contributed by atoms with Crippen LogP contribution in [-0.4, -0.2) is 18.2 Å². The Morgan fingerprint density at radius 2 is 2.33 bits per heavy atom. The third kappa shape index (κ3) is 3.52. The van der Waals surface area contributed by atoms with E-state index in [1.165, 1.54) is 13.3 Å². The zero-order chi connectivity index (χ0) is 11.3. The van der Waals surface area contributed by atoms with Gasteiger partial charge in [0, 0.05) is 17.3 Å². The second-order valence-electron chi connectivity index (χ2n) is 2.66. The van der Waals surface area contributed by atoms with E-state index < -0.39 is 5.97 Å². The molecule has 0 radical (unpaired) electrons. The minimum Gasteiger partial charge on any atom is -0.495 e. The zero-order valence-corrected chi connectivity index (χ0v) is 8.78. The highest BCUT2D eigenvalue weighted by molar-refractivity contribution is 6.30. The number of nitrogens with one attached hydrogen (secondary N) is 1. The van der Waals surface area contributed by atoms with E-state index in [9.17, 15) is 4.79 Å². The van der Waals surface area contributed by atoms with Crippen LogP contribution < -0.4 is 10.1 Å². The number of ether oxygens (including phenoxy) is 1. The SMILES string of the molecule is COc1ccc(Cl)cc1N/C=C/C(=O)O. The van der Waals surface area contributed by atoms with Crippen LogP contribution in [0.5, 0.6) is 5.75 Å². The van der Waals surface area contributed by atoms with Gasteiger partial charge in [0.25, 0.3) is 0 Å². The number of methoxy groups -OCH3 is 1. The molecule has 0 fully saturated rings. The maximum atomic E-state index is 10.2. The molecule has 0 bridgehead atoms. The lowest BCUT2D eigenvalue weighted by Gasteiger charge is -2.07. The van der Waals surface area contributed by atoms with Crippen LogP contribution in [0.25, 0.3) is 0 Å². The Labute approximate surface area is 92.1 Å². The van der Waals surface area contributed by atoms with Crippen molar-refractivity contribution >= 4 is 23.3 Å². The Hall–Kier alpha value is -1.68. The van der Waals surface area contributed by atoms with E-state index in [1.54, 1.807) is 18.2 Å². The van der Waals surface area contributed by atoms with Crippen molar-refractivity contribution in [3.8, 4) is 5.75 Å². The summed E-state index contributed by atoms with van der Waals surface area (Å²) in [6.07, 6.45) is 2.29. The molecule has 0 aliphatic heterocycles. The van der Waals surface area contributed by atoms with Gasteiger partial charge in [-0.15, -0.1) is 0 Å². The number of carboxylic acids is 1. The van der Waals surface area contributed by atoms with Gasteiger partial charge in [-0.2, -0.15) is 0 Å². The number of anilines is 1. The van der Waals surface area contributed by atoms with E-state index in [4.69, 9.17) is 21.4 Å². The quantitative estimate of drug-likeness (QED) is 0.776. The monoisotopic (exact) mass is 227 g/mol. The molecule has 4 nitrogen and oxygen atoms in total. The molecule has 15 heavy (non-hydrogen) atoms. The fourth-order valence-electron chi connectivity index (χ4n) is 0.996. The van der Waals surface area contributed by atoms with E-state index in [0.717, 1.165) is 6.08 Å². The maximum absolute atomic E-state index is 10.2. The van der Waals surface area contributed by atoms with Gasteiger partial charge in [-0.1, -0.05) is 11.6 Å². The zero-order valence-electron chi connectivity index (χ0n) is 8.03. The summed E-state index contributed by atoms with van der Waals surface area (Å²) in [5, 5.41) is 11.7. The normalized spacial score (nSPS) is 10.3. The van der Waals surface area contributed by atoms with Gasteiger partial charge in [0.2, 0.25) is 0 Å². The van der Waals surface area contributed by atoms with Crippen molar-refractivity contribution in [3.63, 3.8) is 0 Å². The number of benzene rings is 1. The lowest BCUT2D eigenvalue weighted by molar-refractivity contribution is -0.131. The average molecular weight is 228 g/mol. The topological polar surface area (TPSA) is 58.6 Å². The Bertz CT molecular complexity index is 390. The molecule has 0 atom stereocenters. The summed E-state index contributed by atoms with van der Waals surface area (Å²) in [6, 6.07) is 5.03. The molecular weight excluding hydrogens is 218 g/mol. The van der Waals surface area contributed by atoms with Crippen LogP contribution in [0.15, 0.2) is 30.5 Å². The van der Waals surface area contributed by atoms with Gasteiger partial charge in [0.1, 0.15) is 5.75 Å². The van der Waals surface area contributed by atoms with Crippen molar-refractivity contribution in [2.45, 2.75) is 0 Å². The van der Waals surface area contributed by atoms with Crippen molar-refractivity contribution in [1.29, 1.82) is 0 Å². The first kappa shape index (κ1) is 11.4. The average Bonchev–Trinajstić information content (AvgIpc) is 2.17. The van der Waals surface area contributed by atoms with Crippen LogP contribution >= 0.6 is 11.6 Å². The Balaban J connectivity index is 2.82. The minimum atomic E-state index is -1.02. The van der Waals surface area contributed by atoms with E-state index >= 15 is 0 Å². The lowest BCUT2D eigenvalue weighted by atomic mass is 10.3. The molecule has 0 saturated heterocycles. The van der Waals surface area contributed by atoms with Gasteiger partial charge >= 0.3 is 5.97 Å². The third-order valence-electron chi connectivity index (χ3n) is 1.63. The molecule has 0 unspecified atom stereocenters. The van der Waals surface area contributed by atoms with Crippen LogP contribution in [0.1, 0.15) is 0 Å². The minimum absolute atomic E-state index is 0.544. The highest BCUT2D eigenvalue weighted by Gasteiger charge is 2.01. The molecule has 80 valence electrons. The summed E-state index contributed by atoms with van der Waals surface area (Å²) in [5.41, 5.74) is 0.613. The standard InChI is InChI=1S/C10H10ClNO3/c1-15-9-3-2-7(11)6-8(9)12-5-4-10(13)14/h2-6,12H,1H3,(H,13,14)/b5-4+. The van der Waals surface area contributed by atoms with E-state index in [2.05, 4.69) is 5.32 Å². The number of carbonyl (C=O) groups is 1. The summed E-state index contributed by atoms with van der Waals surface area (Å²) in [4.78, 5) is 10.2. The van der Waals surface area contributed by atoms with Crippen molar-refractivity contribution in [1.82, 2.24) is 0 Å². The molecule has 0 aromatic heterocycles. The van der Waals surface area contributed by atoms with Crippen molar-refractivity contribution in [2.24, 2.45) is 0 Å². The Kier molecular flexibility index (Phi) is 4.00. The van der Waals surface area contributed by atoms with Gasteiger partial charge in [-0.3, -0.25) is 0 Å². The van der Waals surface area contributed by atoms with Crippen LogP contribution in [0.2, 0.25) is 5.02 Å². The first-order chi connectivity index (χ1) is 7.13. The van der Waals surface area contributed by atoms with Gasteiger partial charge in [-0.05, 0) is 18.2 Å². The molecule has 2 N–H and O–H groups in total. The third-order valence-corrected chi connectivity index (χ3v) is 1.86. The number of rotatable bonds is 4. The van der Waals surface area contributed by atoms with Gasteiger partial charge in [0.05, 0.1) is 12.8 Å². The Morgan fingerprint density at radius 1 is 1.60 bits per heavy atom. The maximum Gasteiger partial charge on any atom is 0.329 e. The number of hydrogen-bond acceptors (Lipinski definition) is 3. The highest BCUT2D eigenvalue weighted by Crippen LogP contribution is 2.27. The molecule has 0 aliphatic rings. The first-order valence-corrected chi connectivity index (χ1v) is 4.51. The number of aliphatic carboxylic acids is 1. The summed E-state index contributed by atoms with van der Waals surface area (Å²) in [6.45, 7) is 0. The first-order valence-electron chi connectivity index (χ1n) is 4.13. The number of halogens is 1. The van der Waals surface area contributed by atoms with Gasteiger partial charge < -0.3 is 15.2 Å². The van der Waals surface area contributed by atoms with Crippen LogP contribution in [0.3, 0.4) is 0 Å². The van der Waals surface area contributed by atoms with E-state index in [0.29, 0.717) is 16.5 Å². The summed E-state index contributed by atoms with van der Waals surface area (Å²) in [7, 11) is 1.52. The molecule has 0 aliphatic carbocycles. The molecule has 1 rings (SSSR count). The molecule has 1 aromatic carbocycles. The van der Waals surface area contributed by atoms with Crippen molar-refractivity contribution in [2.75, 3.05) is 12.4 Å². The molecule has 1 aromatic rings. The highest BCUT2D eigenvalue weighted by atomic mass is 35.5. The summed E-state index contributed by atoms with van der Waals surface area (Å²) in [5.74, 6) is -0.432. The fraction of sp³-hybridized carbons (Fsp3) is 0.100. The molecule has 0 spiro atoms. The van der Waals surface area contributed by atoms with E-state index in [-0.39, 0.29) is 0 Å². The largest absolute Gasteiger partial charge is 0.495 e. The predicted octanol–water partition coefficient (Wildman–Crippen LogP) is 2.36. The molecule has 5 heteroatoms. The molecule has 0 saturated carbocycles. The second-order valence-corrected chi connectivity index (χ2v) is 3.10. The Morgan fingerprint density at radius 3 is 2.93 bits per heavy atom. The van der Waals surface area contributed by atoms with Crippen LogP contribution in [0, 0.1) is 0 Å². The number of hydrogen-bond donors (Lipinski definition) is 2. The van der Waals surface area contributed by atoms with Crippen molar-refractivity contribution in [3.05, 3.63) is 35.5 Å². The smallest absolute Gasteiger partial charge is 0.329 e. The lowest BCUT2D eigenvalue weighted by Crippen LogP contribution is -1.95. The van der Waals surface area contributed by atoms with Crippen molar-refractivity contribution < 1.29 is 14.6 Å². The second kappa shape index (κ2) is 5.26. The predicted molar refractivity (Wildman–Crippen MR) is 58.4 cm³/mol. The molecular formula is C10H10ClNO3. The molecule has 0 amide bonds. The van der Waals surface area contributed by atoms with E-state index in [1.807, 2.05) is 0 Å². The van der Waals surface area contributed by atoms with Gasteiger partial charge in [0.15, 0.2) is 0 Å². The fourth-order valence-corrected chi connectivity index (χ4v) is 1.17.